The van der Waals surface area contributed by atoms with E-state index in [4.69, 9.17) is 4.98 Å². The minimum atomic E-state index is -2.93. The Hall–Kier alpha value is -0.660. The summed E-state index contributed by atoms with van der Waals surface area (Å²) in [7, 11) is -1.02. The molecule has 0 radical (unpaired) electrons. The van der Waals surface area contributed by atoms with Gasteiger partial charge < -0.3 is 10.2 Å². The van der Waals surface area contributed by atoms with E-state index in [2.05, 4.69) is 19.2 Å². The van der Waals surface area contributed by atoms with Gasteiger partial charge in [0.25, 0.3) is 0 Å². The lowest BCUT2D eigenvalue weighted by atomic mass is 10.2. The Kier molecular flexibility index (Phi) is 5.27. The molecule has 7 heteroatoms. The van der Waals surface area contributed by atoms with Crippen molar-refractivity contribution in [2.24, 2.45) is 0 Å². The number of rotatable bonds is 8. The summed E-state index contributed by atoms with van der Waals surface area (Å²) in [4.78, 5) is 8.01. The summed E-state index contributed by atoms with van der Waals surface area (Å²) in [6, 6.07) is 0.450. The monoisotopic (exact) mass is 331 g/mol. The summed E-state index contributed by atoms with van der Waals surface area (Å²) >= 11 is 1.69. The number of nitrogens with zero attached hydrogens (tertiary/aromatic N) is 2. The number of hydrogen-bond acceptors (Lipinski definition) is 6. The molecule has 0 unspecified atom stereocenters. The molecule has 1 aliphatic carbocycles. The van der Waals surface area contributed by atoms with Gasteiger partial charge in [-0.2, -0.15) is 0 Å². The molecule has 0 spiro atoms. The Morgan fingerprint density at radius 2 is 2.10 bits per heavy atom. The fourth-order valence-corrected chi connectivity index (χ4v) is 3.70. The minimum Gasteiger partial charge on any atom is -0.350 e. The van der Waals surface area contributed by atoms with E-state index in [0.717, 1.165) is 11.7 Å². The number of sulfone groups is 1. The summed E-state index contributed by atoms with van der Waals surface area (Å²) < 4.78 is 22.6. The average Bonchev–Trinajstić information content (AvgIpc) is 3.13. The van der Waals surface area contributed by atoms with Crippen LogP contribution in [-0.2, 0) is 16.4 Å². The lowest BCUT2D eigenvalue weighted by molar-refractivity contribution is 0.590. The molecule has 2 rings (SSSR count). The molecule has 120 valence electrons. The summed E-state index contributed by atoms with van der Waals surface area (Å²) in [5, 5.41) is 4.38. The van der Waals surface area contributed by atoms with Crippen LogP contribution in [0.4, 0.5) is 5.13 Å². The molecule has 0 bridgehead atoms. The SMILES string of the molecule is CC(C)NCc1sc(N(C)CCS(C)(=O)=O)nc1C1CC1. The van der Waals surface area contributed by atoms with E-state index in [1.807, 2.05) is 11.9 Å². The van der Waals surface area contributed by atoms with Gasteiger partial charge in [0.1, 0.15) is 9.84 Å². The molecule has 0 atom stereocenters. The van der Waals surface area contributed by atoms with Gasteiger partial charge >= 0.3 is 0 Å². The maximum Gasteiger partial charge on any atom is 0.185 e. The Bertz CT molecular complexity index is 577. The topological polar surface area (TPSA) is 62.3 Å². The molecule has 0 saturated heterocycles. The highest BCUT2D eigenvalue weighted by atomic mass is 32.2. The molecule has 0 aromatic carbocycles. The first-order valence-corrected chi connectivity index (χ1v) is 10.3. The van der Waals surface area contributed by atoms with Gasteiger partial charge in [-0.15, -0.1) is 11.3 Å². The lowest BCUT2D eigenvalue weighted by Gasteiger charge is -2.14. The third-order valence-electron chi connectivity index (χ3n) is 3.48. The predicted molar refractivity (Wildman–Crippen MR) is 89.0 cm³/mol. The third-order valence-corrected chi connectivity index (χ3v) is 5.58. The molecule has 1 aliphatic rings. The summed E-state index contributed by atoms with van der Waals surface area (Å²) in [5.41, 5.74) is 1.22. The van der Waals surface area contributed by atoms with Crippen molar-refractivity contribution in [2.45, 2.75) is 45.2 Å². The number of hydrogen-bond donors (Lipinski definition) is 1. The summed E-state index contributed by atoms with van der Waals surface area (Å²) in [6.45, 7) is 5.61. The largest absolute Gasteiger partial charge is 0.350 e. The van der Waals surface area contributed by atoms with Crippen LogP contribution in [-0.4, -0.2) is 45.0 Å². The van der Waals surface area contributed by atoms with Gasteiger partial charge in [-0.05, 0) is 12.8 Å². The van der Waals surface area contributed by atoms with E-state index in [1.54, 1.807) is 11.3 Å². The van der Waals surface area contributed by atoms with Crippen LogP contribution in [0.15, 0.2) is 0 Å². The van der Waals surface area contributed by atoms with E-state index in [9.17, 15) is 8.42 Å². The summed E-state index contributed by atoms with van der Waals surface area (Å²) in [5.74, 6) is 0.781. The fourth-order valence-electron chi connectivity index (χ4n) is 2.01. The molecule has 1 N–H and O–H groups in total. The van der Waals surface area contributed by atoms with Crippen molar-refractivity contribution in [3.8, 4) is 0 Å². The molecule has 1 fully saturated rings. The van der Waals surface area contributed by atoms with Crippen molar-refractivity contribution in [1.82, 2.24) is 10.3 Å². The lowest BCUT2D eigenvalue weighted by Crippen LogP contribution is -2.24. The number of nitrogens with one attached hydrogen (secondary N) is 1. The second-order valence-electron chi connectivity index (χ2n) is 6.17. The normalized spacial score (nSPS) is 15.7. The quantitative estimate of drug-likeness (QED) is 0.789. The maximum absolute atomic E-state index is 11.3. The first-order valence-electron chi connectivity index (χ1n) is 7.38. The van der Waals surface area contributed by atoms with E-state index >= 15 is 0 Å². The standard InChI is InChI=1S/C14H25N3O2S2/c1-10(2)15-9-12-13(11-5-6-11)16-14(20-12)17(3)7-8-21(4,18)19/h10-11,15H,5-9H2,1-4H3. The van der Waals surface area contributed by atoms with Gasteiger partial charge in [-0.1, -0.05) is 13.8 Å². The molecule has 5 nitrogen and oxygen atoms in total. The highest BCUT2D eigenvalue weighted by Gasteiger charge is 2.30. The van der Waals surface area contributed by atoms with Gasteiger partial charge in [-0.25, -0.2) is 13.4 Å². The molecule has 21 heavy (non-hydrogen) atoms. The Balaban J connectivity index is 2.07. The molecule has 1 saturated carbocycles. The molecule has 1 heterocycles. The maximum atomic E-state index is 11.3. The van der Waals surface area contributed by atoms with Crippen LogP contribution in [0.1, 0.15) is 43.2 Å². The van der Waals surface area contributed by atoms with Gasteiger partial charge in [0.2, 0.25) is 0 Å². The molecular weight excluding hydrogens is 306 g/mol. The zero-order valence-corrected chi connectivity index (χ0v) is 14.9. The number of thiazole rings is 1. The van der Waals surface area contributed by atoms with Crippen LogP contribution in [0.5, 0.6) is 0 Å². The van der Waals surface area contributed by atoms with Crippen LogP contribution in [0.3, 0.4) is 0 Å². The van der Waals surface area contributed by atoms with Crippen molar-refractivity contribution in [3.63, 3.8) is 0 Å². The highest BCUT2D eigenvalue weighted by molar-refractivity contribution is 7.90. The van der Waals surface area contributed by atoms with Crippen molar-refractivity contribution in [2.75, 3.05) is 30.5 Å². The van der Waals surface area contributed by atoms with E-state index in [-0.39, 0.29) is 5.75 Å². The van der Waals surface area contributed by atoms with Gasteiger partial charge in [0.05, 0.1) is 11.4 Å². The second kappa shape index (κ2) is 6.62. The van der Waals surface area contributed by atoms with Crippen molar-refractivity contribution in [3.05, 3.63) is 10.6 Å². The smallest absolute Gasteiger partial charge is 0.185 e. The van der Waals surface area contributed by atoms with Crippen LogP contribution >= 0.6 is 11.3 Å². The van der Waals surface area contributed by atoms with Crippen LogP contribution < -0.4 is 10.2 Å². The second-order valence-corrected chi connectivity index (χ2v) is 9.49. The molecule has 1 aromatic rings. The zero-order valence-electron chi connectivity index (χ0n) is 13.2. The first kappa shape index (κ1) is 16.7. The summed E-state index contributed by atoms with van der Waals surface area (Å²) in [6.07, 6.45) is 3.73. The van der Waals surface area contributed by atoms with E-state index in [1.165, 1.54) is 29.7 Å². The van der Waals surface area contributed by atoms with Gasteiger partial charge in [-0.3, -0.25) is 0 Å². The Labute approximate surface area is 131 Å². The van der Waals surface area contributed by atoms with Crippen molar-refractivity contribution >= 4 is 26.3 Å². The fraction of sp³-hybridized carbons (Fsp3) is 0.786. The van der Waals surface area contributed by atoms with Crippen LogP contribution in [0, 0.1) is 0 Å². The Morgan fingerprint density at radius 1 is 1.43 bits per heavy atom. The number of anilines is 1. The van der Waals surface area contributed by atoms with Gasteiger partial charge in [0.15, 0.2) is 5.13 Å². The van der Waals surface area contributed by atoms with Crippen molar-refractivity contribution < 1.29 is 8.42 Å². The first-order chi connectivity index (χ1) is 9.76. The number of aromatic nitrogens is 1. The average molecular weight is 332 g/mol. The highest BCUT2D eigenvalue weighted by Crippen LogP contribution is 2.44. The van der Waals surface area contributed by atoms with E-state index in [0.29, 0.717) is 18.5 Å². The molecular formula is C14H25N3O2S2. The van der Waals surface area contributed by atoms with Crippen LogP contribution in [0.2, 0.25) is 0 Å². The molecule has 0 aliphatic heterocycles. The van der Waals surface area contributed by atoms with Gasteiger partial charge in [0, 0.05) is 43.2 Å². The van der Waals surface area contributed by atoms with E-state index < -0.39 is 9.84 Å². The Morgan fingerprint density at radius 3 is 2.62 bits per heavy atom. The zero-order chi connectivity index (χ0) is 15.6. The third kappa shape index (κ3) is 5.23. The minimum absolute atomic E-state index is 0.168. The predicted octanol–water partition coefficient (Wildman–Crippen LogP) is 2.00. The molecule has 1 aromatic heterocycles. The van der Waals surface area contributed by atoms with Crippen LogP contribution in [0.25, 0.3) is 0 Å². The van der Waals surface area contributed by atoms with Crippen molar-refractivity contribution in [1.29, 1.82) is 0 Å². The molecule has 0 amide bonds.